The van der Waals surface area contributed by atoms with Gasteiger partial charge in [0.25, 0.3) is 5.56 Å². The van der Waals surface area contributed by atoms with Gasteiger partial charge in [-0.25, -0.2) is 4.79 Å². The minimum absolute atomic E-state index is 0.0159. The molecule has 3 aromatic rings. The van der Waals surface area contributed by atoms with Gasteiger partial charge in [0.15, 0.2) is 0 Å². The molecular formula is C20H24N4O3. The van der Waals surface area contributed by atoms with E-state index in [4.69, 9.17) is 0 Å². The molecular weight excluding hydrogens is 344 g/mol. The number of hydrogen-bond donors (Lipinski definition) is 1. The number of nitrogens with one attached hydrogen (secondary N) is 1. The van der Waals surface area contributed by atoms with Crippen LogP contribution in [-0.2, 0) is 30.8 Å². The van der Waals surface area contributed by atoms with Crippen LogP contribution in [0.25, 0.3) is 11.0 Å². The molecule has 1 aromatic carbocycles. The predicted octanol–water partition coefficient (Wildman–Crippen LogP) is 1.97. The minimum Gasteiger partial charge on any atom is -0.332 e. The Hall–Kier alpha value is -3.09. The lowest BCUT2D eigenvalue weighted by Gasteiger charge is -2.19. The predicted molar refractivity (Wildman–Crippen MR) is 106 cm³/mol. The molecule has 0 aliphatic rings. The van der Waals surface area contributed by atoms with E-state index in [-0.39, 0.29) is 17.9 Å². The highest BCUT2D eigenvalue weighted by atomic mass is 16.2. The van der Waals surface area contributed by atoms with Gasteiger partial charge >= 0.3 is 5.69 Å². The lowest BCUT2D eigenvalue weighted by Crippen LogP contribution is -2.37. The molecule has 0 aliphatic carbocycles. The minimum atomic E-state index is -0.416. The van der Waals surface area contributed by atoms with Gasteiger partial charge in [0, 0.05) is 26.0 Å². The summed E-state index contributed by atoms with van der Waals surface area (Å²) in [6.07, 6.45) is 1.65. The monoisotopic (exact) mass is 368 g/mol. The van der Waals surface area contributed by atoms with Crippen molar-refractivity contribution in [2.24, 2.45) is 14.1 Å². The van der Waals surface area contributed by atoms with Crippen LogP contribution in [0.4, 0.5) is 5.69 Å². The zero-order valence-corrected chi connectivity index (χ0v) is 16.2. The maximum absolute atomic E-state index is 12.5. The number of carbonyl (C=O) groups excluding carboxylic acids is 1. The molecule has 27 heavy (non-hydrogen) atoms. The molecule has 2 aromatic heterocycles. The van der Waals surface area contributed by atoms with Crippen LogP contribution in [0.3, 0.4) is 0 Å². The number of aryl methyl sites for hydroxylation is 1. The van der Waals surface area contributed by atoms with Crippen molar-refractivity contribution in [1.82, 2.24) is 13.7 Å². The van der Waals surface area contributed by atoms with E-state index in [2.05, 4.69) is 26.1 Å². The first kappa shape index (κ1) is 18.7. The van der Waals surface area contributed by atoms with E-state index < -0.39 is 11.2 Å². The quantitative estimate of drug-likeness (QED) is 0.768. The summed E-state index contributed by atoms with van der Waals surface area (Å²) in [5.41, 5.74) is 1.95. The zero-order valence-electron chi connectivity index (χ0n) is 16.2. The number of amides is 1. The van der Waals surface area contributed by atoms with E-state index in [1.165, 1.54) is 17.2 Å². The number of hydrogen-bond acceptors (Lipinski definition) is 3. The lowest BCUT2D eigenvalue weighted by atomic mass is 9.87. The van der Waals surface area contributed by atoms with Gasteiger partial charge in [0.05, 0.1) is 5.52 Å². The van der Waals surface area contributed by atoms with Crippen LogP contribution in [0.2, 0.25) is 0 Å². The van der Waals surface area contributed by atoms with Gasteiger partial charge in [-0.05, 0) is 29.2 Å². The SMILES string of the molecule is Cn1c(=O)c2c(ccn2CC(=O)Nc2ccc(C(C)(C)C)cc2)n(C)c1=O. The highest BCUT2D eigenvalue weighted by Crippen LogP contribution is 2.23. The van der Waals surface area contributed by atoms with Crippen LogP contribution in [-0.4, -0.2) is 19.6 Å². The van der Waals surface area contributed by atoms with E-state index in [9.17, 15) is 14.4 Å². The Kier molecular flexibility index (Phi) is 4.55. The first-order valence-corrected chi connectivity index (χ1v) is 8.75. The van der Waals surface area contributed by atoms with Gasteiger partial charge in [0.1, 0.15) is 12.1 Å². The third-order valence-electron chi connectivity index (χ3n) is 4.73. The Morgan fingerprint density at radius 3 is 2.22 bits per heavy atom. The first-order chi connectivity index (χ1) is 12.6. The summed E-state index contributed by atoms with van der Waals surface area (Å²) in [4.78, 5) is 36.9. The van der Waals surface area contributed by atoms with Gasteiger partial charge in [0.2, 0.25) is 5.91 Å². The third kappa shape index (κ3) is 3.45. The zero-order chi connectivity index (χ0) is 19.9. The normalized spacial score (nSPS) is 11.7. The molecule has 0 unspecified atom stereocenters. The smallest absolute Gasteiger partial charge is 0.331 e. The van der Waals surface area contributed by atoms with Crippen molar-refractivity contribution in [1.29, 1.82) is 0 Å². The second-order valence-corrected chi connectivity index (χ2v) is 7.76. The number of rotatable bonds is 3. The summed E-state index contributed by atoms with van der Waals surface area (Å²) in [5, 5.41) is 2.85. The fourth-order valence-corrected chi connectivity index (χ4v) is 3.08. The Labute approximate surface area is 156 Å². The standard InChI is InChI=1S/C20H24N4O3/c1-20(2,3)13-6-8-14(9-7-13)21-16(25)12-24-11-10-15-17(24)18(26)23(5)19(27)22(15)4/h6-11H,12H2,1-5H3,(H,21,25). The second kappa shape index (κ2) is 6.57. The van der Waals surface area contributed by atoms with Crippen LogP contribution in [0, 0.1) is 0 Å². The molecule has 7 heteroatoms. The van der Waals surface area contributed by atoms with Crippen molar-refractivity contribution in [2.75, 3.05) is 5.32 Å². The highest BCUT2D eigenvalue weighted by Gasteiger charge is 2.16. The maximum Gasteiger partial charge on any atom is 0.331 e. The summed E-state index contributed by atoms with van der Waals surface area (Å²) in [6.45, 7) is 6.38. The summed E-state index contributed by atoms with van der Waals surface area (Å²) >= 11 is 0. The van der Waals surface area contributed by atoms with Crippen LogP contribution in [0.5, 0.6) is 0 Å². The number of aromatic nitrogens is 3. The van der Waals surface area contributed by atoms with Gasteiger partial charge in [-0.1, -0.05) is 32.9 Å². The number of benzene rings is 1. The highest BCUT2D eigenvalue weighted by molar-refractivity contribution is 5.91. The Balaban J connectivity index is 1.85. The lowest BCUT2D eigenvalue weighted by molar-refractivity contribution is -0.116. The number of carbonyl (C=O) groups is 1. The average Bonchev–Trinajstić information content (AvgIpc) is 3.01. The molecule has 0 atom stereocenters. The van der Waals surface area contributed by atoms with Crippen molar-refractivity contribution in [2.45, 2.75) is 32.7 Å². The van der Waals surface area contributed by atoms with E-state index >= 15 is 0 Å². The first-order valence-electron chi connectivity index (χ1n) is 8.75. The van der Waals surface area contributed by atoms with Gasteiger partial charge in [-0.15, -0.1) is 0 Å². The molecule has 2 heterocycles. The topological polar surface area (TPSA) is 78.0 Å². The molecule has 142 valence electrons. The van der Waals surface area contributed by atoms with Crippen molar-refractivity contribution < 1.29 is 4.79 Å². The van der Waals surface area contributed by atoms with Crippen LogP contribution >= 0.6 is 0 Å². The average molecular weight is 368 g/mol. The molecule has 1 amide bonds. The van der Waals surface area contributed by atoms with Crippen molar-refractivity contribution in [3.8, 4) is 0 Å². The van der Waals surface area contributed by atoms with E-state index in [1.807, 2.05) is 24.3 Å². The number of fused-ring (bicyclic) bond motifs is 1. The second-order valence-electron chi connectivity index (χ2n) is 7.76. The van der Waals surface area contributed by atoms with Crippen LogP contribution in [0.1, 0.15) is 26.3 Å². The molecule has 0 saturated heterocycles. The van der Waals surface area contributed by atoms with Crippen molar-refractivity contribution >= 4 is 22.6 Å². The molecule has 0 fully saturated rings. The third-order valence-corrected chi connectivity index (χ3v) is 4.73. The summed E-state index contributed by atoms with van der Waals surface area (Å²) < 4.78 is 4.01. The Bertz CT molecular complexity index is 1130. The fraction of sp³-hybridized carbons (Fsp3) is 0.350. The molecule has 0 bridgehead atoms. The number of nitrogens with zero attached hydrogens (tertiary/aromatic N) is 3. The molecule has 7 nitrogen and oxygen atoms in total. The Morgan fingerprint density at radius 2 is 1.63 bits per heavy atom. The van der Waals surface area contributed by atoms with E-state index in [1.54, 1.807) is 23.9 Å². The molecule has 0 radical (unpaired) electrons. The summed E-state index contributed by atoms with van der Waals surface area (Å²) in [5.74, 6) is -0.244. The van der Waals surface area contributed by atoms with E-state index in [0.29, 0.717) is 16.7 Å². The summed E-state index contributed by atoms with van der Waals surface area (Å²) in [6, 6.07) is 9.39. The maximum atomic E-state index is 12.5. The molecule has 3 rings (SSSR count). The van der Waals surface area contributed by atoms with Gasteiger partial charge in [-0.2, -0.15) is 0 Å². The largest absolute Gasteiger partial charge is 0.332 e. The van der Waals surface area contributed by atoms with Crippen molar-refractivity contribution in [3.63, 3.8) is 0 Å². The van der Waals surface area contributed by atoms with Crippen LogP contribution in [0.15, 0.2) is 46.1 Å². The van der Waals surface area contributed by atoms with E-state index in [0.717, 1.165) is 4.57 Å². The number of anilines is 1. The van der Waals surface area contributed by atoms with Crippen molar-refractivity contribution in [3.05, 3.63) is 62.9 Å². The van der Waals surface area contributed by atoms with Gasteiger partial charge < -0.3 is 9.88 Å². The van der Waals surface area contributed by atoms with Gasteiger partial charge in [-0.3, -0.25) is 18.7 Å². The molecule has 0 spiro atoms. The molecule has 0 aliphatic heterocycles. The fourth-order valence-electron chi connectivity index (χ4n) is 3.08. The molecule has 1 N–H and O–H groups in total. The molecule has 0 saturated carbocycles. The summed E-state index contributed by atoms with van der Waals surface area (Å²) in [7, 11) is 3.03. The van der Waals surface area contributed by atoms with Crippen LogP contribution < -0.4 is 16.6 Å². The Morgan fingerprint density at radius 1 is 1.00 bits per heavy atom.